The van der Waals surface area contributed by atoms with Gasteiger partial charge in [-0.2, -0.15) is 0 Å². The second-order valence-corrected chi connectivity index (χ2v) is 5.55. The van der Waals surface area contributed by atoms with E-state index in [-0.39, 0.29) is 11.6 Å². The van der Waals surface area contributed by atoms with Crippen molar-refractivity contribution in [1.29, 1.82) is 0 Å². The normalized spacial score (nSPS) is 15.2. The molecule has 0 aliphatic carbocycles. The summed E-state index contributed by atoms with van der Waals surface area (Å²) in [5.41, 5.74) is 2.97. The van der Waals surface area contributed by atoms with E-state index in [1.54, 1.807) is 19.3 Å². The van der Waals surface area contributed by atoms with Crippen LogP contribution in [-0.2, 0) is 9.53 Å². The van der Waals surface area contributed by atoms with E-state index in [0.29, 0.717) is 11.3 Å². The largest absolute Gasteiger partial charge is 0.497 e. The molecule has 0 atom stereocenters. The van der Waals surface area contributed by atoms with E-state index in [1.165, 1.54) is 0 Å². The summed E-state index contributed by atoms with van der Waals surface area (Å²) < 4.78 is 10.5. The lowest BCUT2D eigenvalue weighted by atomic mass is 10.1. The molecular weight excluding hydrogens is 304 g/mol. The van der Waals surface area contributed by atoms with Gasteiger partial charge in [0.25, 0.3) is 0 Å². The number of cyclic esters (lactones) is 1. The first-order chi connectivity index (χ1) is 11.6. The highest BCUT2D eigenvalue weighted by molar-refractivity contribution is 6.12. The van der Waals surface area contributed by atoms with Gasteiger partial charge in [-0.1, -0.05) is 18.2 Å². The van der Waals surface area contributed by atoms with Gasteiger partial charge in [-0.05, 0) is 42.0 Å². The Morgan fingerprint density at radius 1 is 1.12 bits per heavy atom. The van der Waals surface area contributed by atoms with Crippen LogP contribution in [0.15, 0.2) is 59.2 Å². The Labute approximate surface area is 140 Å². The molecular formula is C19H18N2O3. The average Bonchev–Trinajstić information content (AvgIpc) is 2.96. The van der Waals surface area contributed by atoms with E-state index in [9.17, 15) is 4.79 Å². The molecule has 0 fully saturated rings. The number of esters is 1. The van der Waals surface area contributed by atoms with E-state index < -0.39 is 5.97 Å². The fourth-order valence-electron chi connectivity index (χ4n) is 2.32. The minimum Gasteiger partial charge on any atom is -0.497 e. The molecule has 0 saturated heterocycles. The summed E-state index contributed by atoms with van der Waals surface area (Å²) in [6.07, 6.45) is 1.72. The van der Waals surface area contributed by atoms with Gasteiger partial charge in [0.15, 0.2) is 5.70 Å². The Kier molecular flexibility index (Phi) is 4.33. The molecule has 1 aliphatic heterocycles. The minimum atomic E-state index is -0.454. The SMILES string of the molecule is COc1cccc(C2=N/C(=C\c3ccc(N(C)C)cc3)C(=O)O2)c1. The van der Waals surface area contributed by atoms with Crippen LogP contribution in [0.1, 0.15) is 11.1 Å². The van der Waals surface area contributed by atoms with Gasteiger partial charge in [-0.3, -0.25) is 0 Å². The van der Waals surface area contributed by atoms with Crippen molar-refractivity contribution in [2.45, 2.75) is 0 Å². The van der Waals surface area contributed by atoms with E-state index in [1.807, 2.05) is 61.5 Å². The number of carbonyl (C=O) groups excluding carboxylic acids is 1. The molecule has 0 spiro atoms. The zero-order chi connectivity index (χ0) is 17.1. The first-order valence-corrected chi connectivity index (χ1v) is 7.51. The number of benzene rings is 2. The summed E-state index contributed by atoms with van der Waals surface area (Å²) in [5, 5.41) is 0. The predicted octanol–water partition coefficient (Wildman–Crippen LogP) is 3.11. The molecule has 2 aromatic carbocycles. The van der Waals surface area contributed by atoms with Gasteiger partial charge in [0.1, 0.15) is 5.75 Å². The number of aliphatic imine (C=N–C) groups is 1. The molecule has 0 radical (unpaired) electrons. The third-order valence-corrected chi connectivity index (χ3v) is 3.65. The third kappa shape index (κ3) is 3.30. The second kappa shape index (κ2) is 6.58. The zero-order valence-corrected chi connectivity index (χ0v) is 13.8. The van der Waals surface area contributed by atoms with Crippen LogP contribution < -0.4 is 9.64 Å². The first kappa shape index (κ1) is 15.8. The summed E-state index contributed by atoms with van der Waals surface area (Å²) in [6.45, 7) is 0. The molecule has 0 N–H and O–H groups in total. The Morgan fingerprint density at radius 3 is 2.54 bits per heavy atom. The van der Waals surface area contributed by atoms with Crippen LogP contribution in [0.2, 0.25) is 0 Å². The maximum absolute atomic E-state index is 12.0. The number of rotatable bonds is 4. The van der Waals surface area contributed by atoms with Crippen molar-refractivity contribution < 1.29 is 14.3 Å². The highest BCUT2D eigenvalue weighted by atomic mass is 16.6. The third-order valence-electron chi connectivity index (χ3n) is 3.65. The second-order valence-electron chi connectivity index (χ2n) is 5.55. The Morgan fingerprint density at radius 2 is 1.88 bits per heavy atom. The van der Waals surface area contributed by atoms with E-state index in [0.717, 1.165) is 11.3 Å². The molecule has 1 heterocycles. The van der Waals surface area contributed by atoms with Crippen LogP contribution in [0, 0.1) is 0 Å². The lowest BCUT2D eigenvalue weighted by molar-refractivity contribution is -0.129. The van der Waals surface area contributed by atoms with E-state index in [2.05, 4.69) is 4.99 Å². The van der Waals surface area contributed by atoms with Crippen LogP contribution in [0.5, 0.6) is 5.75 Å². The number of ether oxygens (including phenoxy) is 2. The smallest absolute Gasteiger partial charge is 0.363 e. The summed E-state index contributed by atoms with van der Waals surface area (Å²) >= 11 is 0. The van der Waals surface area contributed by atoms with Crippen molar-refractivity contribution in [3.05, 3.63) is 65.4 Å². The predicted molar refractivity (Wildman–Crippen MR) is 94.4 cm³/mol. The lowest BCUT2D eigenvalue weighted by Crippen LogP contribution is -2.08. The van der Waals surface area contributed by atoms with Crippen LogP contribution >= 0.6 is 0 Å². The highest BCUT2D eigenvalue weighted by Crippen LogP contribution is 2.22. The van der Waals surface area contributed by atoms with Crippen molar-refractivity contribution in [2.24, 2.45) is 4.99 Å². The van der Waals surface area contributed by atoms with E-state index in [4.69, 9.17) is 9.47 Å². The van der Waals surface area contributed by atoms with Gasteiger partial charge in [-0.15, -0.1) is 0 Å². The summed E-state index contributed by atoms with van der Waals surface area (Å²) in [6, 6.07) is 15.1. The molecule has 5 nitrogen and oxygen atoms in total. The molecule has 3 rings (SSSR count). The van der Waals surface area contributed by atoms with Crippen molar-refractivity contribution in [1.82, 2.24) is 0 Å². The minimum absolute atomic E-state index is 0.283. The summed E-state index contributed by atoms with van der Waals surface area (Å²) in [4.78, 5) is 18.4. The number of methoxy groups -OCH3 is 1. The number of nitrogens with zero attached hydrogens (tertiary/aromatic N) is 2. The standard InChI is InChI=1S/C19H18N2O3/c1-21(2)15-9-7-13(8-10-15)11-17-19(22)24-18(20-17)14-5-4-6-16(12-14)23-3/h4-12H,1-3H3/b17-11-. The molecule has 24 heavy (non-hydrogen) atoms. The highest BCUT2D eigenvalue weighted by Gasteiger charge is 2.24. The number of hydrogen-bond acceptors (Lipinski definition) is 5. The topological polar surface area (TPSA) is 51.1 Å². The van der Waals surface area contributed by atoms with Crippen LogP contribution in [0.3, 0.4) is 0 Å². The molecule has 0 unspecified atom stereocenters. The van der Waals surface area contributed by atoms with E-state index >= 15 is 0 Å². The number of anilines is 1. The fourth-order valence-corrected chi connectivity index (χ4v) is 2.32. The Bertz CT molecular complexity index is 821. The molecule has 0 saturated carbocycles. The van der Waals surface area contributed by atoms with Gasteiger partial charge in [-0.25, -0.2) is 9.79 Å². The average molecular weight is 322 g/mol. The summed E-state index contributed by atoms with van der Waals surface area (Å²) in [5.74, 6) is 0.516. The van der Waals surface area contributed by atoms with Crippen molar-refractivity contribution >= 4 is 23.6 Å². The van der Waals surface area contributed by atoms with Crippen LogP contribution in [0.25, 0.3) is 6.08 Å². The number of carbonyl (C=O) groups is 1. The molecule has 5 heteroatoms. The maximum atomic E-state index is 12.0. The zero-order valence-electron chi connectivity index (χ0n) is 13.8. The van der Waals surface area contributed by atoms with Gasteiger partial charge in [0.2, 0.25) is 5.90 Å². The fraction of sp³-hybridized carbons (Fsp3) is 0.158. The summed E-state index contributed by atoms with van der Waals surface area (Å²) in [7, 11) is 5.54. The van der Waals surface area contributed by atoms with Gasteiger partial charge < -0.3 is 14.4 Å². The Balaban J connectivity index is 1.88. The molecule has 0 amide bonds. The Hall–Kier alpha value is -3.08. The van der Waals surface area contributed by atoms with Crippen molar-refractivity contribution in [2.75, 3.05) is 26.1 Å². The monoisotopic (exact) mass is 322 g/mol. The van der Waals surface area contributed by atoms with Crippen molar-refractivity contribution in [3.8, 4) is 5.75 Å². The quantitative estimate of drug-likeness (QED) is 0.641. The van der Waals surface area contributed by atoms with Crippen LogP contribution in [0.4, 0.5) is 5.69 Å². The maximum Gasteiger partial charge on any atom is 0.363 e. The first-order valence-electron chi connectivity index (χ1n) is 7.51. The molecule has 122 valence electrons. The van der Waals surface area contributed by atoms with Gasteiger partial charge in [0, 0.05) is 25.3 Å². The number of hydrogen-bond donors (Lipinski definition) is 0. The molecule has 0 bridgehead atoms. The molecule has 1 aliphatic rings. The van der Waals surface area contributed by atoms with Gasteiger partial charge in [0.05, 0.1) is 7.11 Å². The molecule has 2 aromatic rings. The van der Waals surface area contributed by atoms with Crippen molar-refractivity contribution in [3.63, 3.8) is 0 Å². The molecule has 0 aromatic heterocycles. The van der Waals surface area contributed by atoms with Gasteiger partial charge >= 0.3 is 5.97 Å². The van der Waals surface area contributed by atoms with Crippen LogP contribution in [-0.4, -0.2) is 33.1 Å². The lowest BCUT2D eigenvalue weighted by Gasteiger charge is -2.11.